The van der Waals surface area contributed by atoms with Crippen LogP contribution in [0.5, 0.6) is 17.2 Å². The summed E-state index contributed by atoms with van der Waals surface area (Å²) in [5.74, 6) is 0.689. The molecule has 1 amide bonds. The van der Waals surface area contributed by atoms with Crippen LogP contribution in [0.1, 0.15) is 17.3 Å². The van der Waals surface area contributed by atoms with E-state index in [-0.39, 0.29) is 24.0 Å². The van der Waals surface area contributed by atoms with Crippen molar-refractivity contribution in [1.82, 2.24) is 4.90 Å². The van der Waals surface area contributed by atoms with Crippen molar-refractivity contribution in [2.75, 3.05) is 44.8 Å². The molecule has 0 aromatic heterocycles. The number of hydrogen-bond donors (Lipinski definition) is 0. The smallest absolute Gasteiger partial charge is 0.387 e. The molecule has 6 nitrogen and oxygen atoms in total. The van der Waals surface area contributed by atoms with E-state index in [1.165, 1.54) is 18.2 Å². The molecular weight excluding hydrogens is 382 g/mol. The number of rotatable bonds is 7. The predicted octanol–water partition coefficient (Wildman–Crippen LogP) is 3.66. The summed E-state index contributed by atoms with van der Waals surface area (Å²) in [5.41, 5.74) is 1.46. The van der Waals surface area contributed by atoms with Gasteiger partial charge < -0.3 is 24.0 Å². The molecule has 1 aliphatic rings. The number of carbonyl (C=O) groups is 1. The van der Waals surface area contributed by atoms with Crippen molar-refractivity contribution in [3.8, 4) is 17.2 Å². The normalized spacial score (nSPS) is 14.1. The van der Waals surface area contributed by atoms with Gasteiger partial charge in [-0.1, -0.05) is 0 Å². The second-order valence-electron chi connectivity index (χ2n) is 6.45. The van der Waals surface area contributed by atoms with Crippen LogP contribution in [0.3, 0.4) is 0 Å². The summed E-state index contributed by atoms with van der Waals surface area (Å²) in [7, 11) is 1.63. The average Bonchev–Trinajstić information content (AvgIpc) is 2.74. The number of ether oxygens (including phenoxy) is 3. The first-order valence-electron chi connectivity index (χ1n) is 9.41. The van der Waals surface area contributed by atoms with E-state index in [1.54, 1.807) is 18.9 Å². The molecule has 2 aromatic rings. The molecule has 0 aliphatic carbocycles. The number of methoxy groups -OCH3 is 1. The molecule has 29 heavy (non-hydrogen) atoms. The zero-order valence-corrected chi connectivity index (χ0v) is 16.4. The number of alkyl halides is 2. The number of carbonyl (C=O) groups excluding carboxylic acids is 1. The van der Waals surface area contributed by atoms with E-state index in [0.717, 1.165) is 11.4 Å². The van der Waals surface area contributed by atoms with E-state index in [2.05, 4.69) is 9.64 Å². The van der Waals surface area contributed by atoms with Crippen molar-refractivity contribution in [1.29, 1.82) is 0 Å². The molecule has 3 rings (SSSR count). The summed E-state index contributed by atoms with van der Waals surface area (Å²) < 4.78 is 40.1. The third-order valence-corrected chi connectivity index (χ3v) is 4.71. The molecule has 0 N–H and O–H groups in total. The predicted molar refractivity (Wildman–Crippen MR) is 105 cm³/mol. The molecule has 2 aromatic carbocycles. The lowest BCUT2D eigenvalue weighted by Gasteiger charge is -2.36. The SMILES string of the molecule is CCOc1cc(C(=O)N2CCN(c3ccc(OC)cc3)CC2)ccc1OC(F)F. The molecule has 0 spiro atoms. The summed E-state index contributed by atoms with van der Waals surface area (Å²) in [5, 5.41) is 0. The van der Waals surface area contributed by atoms with Crippen molar-refractivity contribution in [2.45, 2.75) is 13.5 Å². The van der Waals surface area contributed by atoms with Crippen LogP contribution in [-0.4, -0.2) is 57.3 Å². The summed E-state index contributed by atoms with van der Waals surface area (Å²) in [6.45, 7) is 1.57. The zero-order valence-electron chi connectivity index (χ0n) is 16.4. The molecule has 0 unspecified atom stereocenters. The van der Waals surface area contributed by atoms with Gasteiger partial charge in [-0.05, 0) is 49.4 Å². The van der Waals surface area contributed by atoms with Gasteiger partial charge in [-0.2, -0.15) is 8.78 Å². The number of hydrogen-bond acceptors (Lipinski definition) is 5. The van der Waals surface area contributed by atoms with Crippen LogP contribution >= 0.6 is 0 Å². The van der Waals surface area contributed by atoms with Crippen LogP contribution in [0, 0.1) is 0 Å². The number of benzene rings is 2. The van der Waals surface area contributed by atoms with Crippen LogP contribution < -0.4 is 19.1 Å². The third kappa shape index (κ3) is 5.07. The first-order valence-corrected chi connectivity index (χ1v) is 9.41. The van der Waals surface area contributed by atoms with Crippen molar-refractivity contribution < 1.29 is 27.8 Å². The van der Waals surface area contributed by atoms with E-state index in [1.807, 2.05) is 24.3 Å². The van der Waals surface area contributed by atoms with Crippen LogP contribution in [0.25, 0.3) is 0 Å². The van der Waals surface area contributed by atoms with Crippen molar-refractivity contribution in [3.63, 3.8) is 0 Å². The Balaban J connectivity index is 1.65. The summed E-state index contributed by atoms with van der Waals surface area (Å²) in [4.78, 5) is 16.8. The topological polar surface area (TPSA) is 51.2 Å². The molecule has 8 heteroatoms. The van der Waals surface area contributed by atoms with E-state index in [9.17, 15) is 13.6 Å². The highest BCUT2D eigenvalue weighted by molar-refractivity contribution is 5.95. The number of amides is 1. The summed E-state index contributed by atoms with van der Waals surface area (Å²) >= 11 is 0. The Labute approximate surface area is 168 Å². The maximum Gasteiger partial charge on any atom is 0.387 e. The van der Waals surface area contributed by atoms with Gasteiger partial charge in [0, 0.05) is 37.4 Å². The fourth-order valence-corrected chi connectivity index (χ4v) is 3.25. The largest absolute Gasteiger partial charge is 0.497 e. The van der Waals surface area contributed by atoms with E-state index in [4.69, 9.17) is 9.47 Å². The van der Waals surface area contributed by atoms with Crippen molar-refractivity contribution >= 4 is 11.6 Å². The molecule has 1 aliphatic heterocycles. The van der Waals surface area contributed by atoms with Gasteiger partial charge in [0.25, 0.3) is 5.91 Å². The molecule has 0 radical (unpaired) electrons. The lowest BCUT2D eigenvalue weighted by molar-refractivity contribution is -0.0514. The minimum Gasteiger partial charge on any atom is -0.497 e. The second-order valence-corrected chi connectivity index (χ2v) is 6.45. The van der Waals surface area contributed by atoms with Crippen LogP contribution in [0.4, 0.5) is 14.5 Å². The van der Waals surface area contributed by atoms with Crippen LogP contribution in [0.15, 0.2) is 42.5 Å². The summed E-state index contributed by atoms with van der Waals surface area (Å²) in [6.07, 6.45) is 0. The van der Waals surface area contributed by atoms with Gasteiger partial charge in [0.15, 0.2) is 11.5 Å². The second kappa shape index (κ2) is 9.45. The van der Waals surface area contributed by atoms with E-state index in [0.29, 0.717) is 31.7 Å². The first kappa shape index (κ1) is 20.7. The lowest BCUT2D eigenvalue weighted by Crippen LogP contribution is -2.48. The minimum absolute atomic E-state index is 0.0808. The maximum absolute atomic E-state index is 12.9. The highest BCUT2D eigenvalue weighted by Crippen LogP contribution is 2.30. The highest BCUT2D eigenvalue weighted by atomic mass is 19.3. The molecule has 156 valence electrons. The third-order valence-electron chi connectivity index (χ3n) is 4.71. The van der Waals surface area contributed by atoms with Crippen LogP contribution in [0.2, 0.25) is 0 Å². The van der Waals surface area contributed by atoms with Gasteiger partial charge in [0.1, 0.15) is 5.75 Å². The van der Waals surface area contributed by atoms with Gasteiger partial charge in [-0.15, -0.1) is 0 Å². The Hall–Kier alpha value is -3.03. The van der Waals surface area contributed by atoms with Gasteiger partial charge >= 0.3 is 6.61 Å². The lowest BCUT2D eigenvalue weighted by atomic mass is 10.1. The number of halogens is 2. The first-order chi connectivity index (χ1) is 14.0. The fourth-order valence-electron chi connectivity index (χ4n) is 3.25. The average molecular weight is 406 g/mol. The Bertz CT molecular complexity index is 822. The molecule has 0 atom stereocenters. The number of piperazine rings is 1. The van der Waals surface area contributed by atoms with Crippen molar-refractivity contribution in [2.24, 2.45) is 0 Å². The number of nitrogens with zero attached hydrogens (tertiary/aromatic N) is 2. The molecule has 0 bridgehead atoms. The zero-order chi connectivity index (χ0) is 20.8. The molecular formula is C21H24F2N2O4. The molecule has 1 saturated heterocycles. The van der Waals surface area contributed by atoms with Gasteiger partial charge in [-0.3, -0.25) is 4.79 Å². The maximum atomic E-state index is 12.9. The summed E-state index contributed by atoms with van der Waals surface area (Å²) in [6, 6.07) is 12.1. The van der Waals surface area contributed by atoms with Crippen molar-refractivity contribution in [3.05, 3.63) is 48.0 Å². The monoisotopic (exact) mass is 406 g/mol. The highest BCUT2D eigenvalue weighted by Gasteiger charge is 2.23. The fraction of sp³-hybridized carbons (Fsp3) is 0.381. The van der Waals surface area contributed by atoms with Crippen LogP contribution in [-0.2, 0) is 0 Å². The molecule has 1 heterocycles. The Morgan fingerprint density at radius 2 is 1.72 bits per heavy atom. The Morgan fingerprint density at radius 3 is 2.31 bits per heavy atom. The Kier molecular flexibility index (Phi) is 6.74. The van der Waals surface area contributed by atoms with Gasteiger partial charge in [0.05, 0.1) is 13.7 Å². The van der Waals surface area contributed by atoms with Gasteiger partial charge in [-0.25, -0.2) is 0 Å². The van der Waals surface area contributed by atoms with E-state index < -0.39 is 6.61 Å². The molecule has 0 saturated carbocycles. The quantitative estimate of drug-likeness (QED) is 0.703. The van der Waals surface area contributed by atoms with Gasteiger partial charge in [0.2, 0.25) is 0 Å². The standard InChI is InChI=1S/C21H24F2N2O4/c1-3-28-19-14-15(4-9-18(19)29-21(22)23)20(26)25-12-10-24(11-13-25)16-5-7-17(27-2)8-6-16/h4-9,14,21H,3,10-13H2,1-2H3. The Morgan fingerprint density at radius 1 is 1.03 bits per heavy atom. The van der Waals surface area contributed by atoms with E-state index >= 15 is 0 Å². The molecule has 1 fully saturated rings. The minimum atomic E-state index is -2.96. The number of anilines is 1.